The third-order valence-electron chi connectivity index (χ3n) is 1.71. The van der Waals surface area contributed by atoms with E-state index in [2.05, 4.69) is 6.58 Å². The Labute approximate surface area is 83.8 Å². The van der Waals surface area contributed by atoms with Crippen LogP contribution in [0.5, 0.6) is 0 Å². The zero-order chi connectivity index (χ0) is 12.2. The van der Waals surface area contributed by atoms with Crippen LogP contribution in [-0.2, 0) is 9.59 Å². The Morgan fingerprint density at radius 3 is 2.20 bits per heavy atom. The van der Waals surface area contributed by atoms with Crippen LogP contribution in [-0.4, -0.2) is 29.2 Å². The average Bonchev–Trinajstić information content (AvgIpc) is 2.10. The van der Waals surface area contributed by atoms with E-state index in [1.165, 1.54) is 12.2 Å². The van der Waals surface area contributed by atoms with Crippen LogP contribution in [0.3, 0.4) is 0 Å². The molecule has 2 atom stereocenters. The van der Waals surface area contributed by atoms with E-state index in [1.54, 1.807) is 0 Å². The van der Waals surface area contributed by atoms with Gasteiger partial charge in [-0.2, -0.15) is 13.2 Å². The van der Waals surface area contributed by atoms with E-state index < -0.39 is 30.0 Å². The first-order valence-corrected chi connectivity index (χ1v) is 3.93. The first-order chi connectivity index (χ1) is 6.70. The van der Waals surface area contributed by atoms with Gasteiger partial charge < -0.3 is 10.4 Å². The second kappa shape index (κ2) is 4.81. The first kappa shape index (κ1) is 13.5. The third-order valence-corrected chi connectivity index (χ3v) is 1.71. The van der Waals surface area contributed by atoms with E-state index in [0.29, 0.717) is 0 Å². The zero-order valence-corrected chi connectivity index (χ0v) is 7.84. The lowest BCUT2D eigenvalue weighted by molar-refractivity contribution is -0.175. The van der Waals surface area contributed by atoms with Gasteiger partial charge in [-0.15, -0.1) is 6.58 Å². The number of carbonyl (C=O) groups excluding carboxylic acids is 1. The summed E-state index contributed by atoms with van der Waals surface area (Å²) in [4.78, 5) is 21.0. The van der Waals surface area contributed by atoms with Crippen molar-refractivity contribution in [1.29, 1.82) is 0 Å². The van der Waals surface area contributed by atoms with Crippen LogP contribution in [0.4, 0.5) is 13.2 Å². The molecule has 0 bridgehead atoms. The number of hydrogen-bond acceptors (Lipinski definition) is 2. The molecule has 0 radical (unpaired) electrons. The van der Waals surface area contributed by atoms with Gasteiger partial charge in [0.05, 0.1) is 0 Å². The summed E-state index contributed by atoms with van der Waals surface area (Å²) in [5, 5.41) is 9.93. The maximum atomic E-state index is 11.8. The van der Waals surface area contributed by atoms with Gasteiger partial charge in [0.25, 0.3) is 0 Å². The number of carbonyl (C=O) groups is 2. The molecular formula is C8H10F3NO3. The summed E-state index contributed by atoms with van der Waals surface area (Å²) in [6, 6.07) is -1.63. The number of nitrogens with one attached hydrogen (secondary N) is 1. The Balaban J connectivity index is 4.64. The highest BCUT2D eigenvalue weighted by Crippen LogP contribution is 2.16. The van der Waals surface area contributed by atoms with Gasteiger partial charge in [-0.3, -0.25) is 4.79 Å². The van der Waals surface area contributed by atoms with Crippen LogP contribution in [0.2, 0.25) is 0 Å². The Morgan fingerprint density at radius 1 is 1.47 bits per heavy atom. The zero-order valence-electron chi connectivity index (χ0n) is 7.84. The largest absolute Gasteiger partial charge is 0.480 e. The molecule has 1 amide bonds. The Bertz CT molecular complexity index is 275. The predicted octanol–water partition coefficient (Wildman–Crippen LogP) is 0.940. The van der Waals surface area contributed by atoms with Crippen LogP contribution >= 0.6 is 0 Å². The van der Waals surface area contributed by atoms with E-state index >= 15 is 0 Å². The summed E-state index contributed by atoms with van der Waals surface area (Å²) in [6.07, 6.45) is -3.94. The molecule has 15 heavy (non-hydrogen) atoms. The minimum atomic E-state index is -5.09. The molecule has 4 nitrogen and oxygen atoms in total. The molecule has 0 aliphatic carbocycles. The molecule has 0 unspecified atom stereocenters. The van der Waals surface area contributed by atoms with E-state index in [1.807, 2.05) is 0 Å². The second-order valence-corrected chi connectivity index (χ2v) is 2.88. The highest BCUT2D eigenvalue weighted by Gasteiger charge is 2.41. The highest BCUT2D eigenvalue weighted by atomic mass is 19.4. The van der Waals surface area contributed by atoms with Crippen LogP contribution in [0.15, 0.2) is 12.7 Å². The fraction of sp³-hybridized carbons (Fsp3) is 0.500. The number of alkyl halides is 3. The molecule has 86 valence electrons. The minimum absolute atomic E-state index is 0.797. The molecule has 0 rings (SSSR count). The molecule has 0 saturated heterocycles. The molecule has 0 fully saturated rings. The van der Waals surface area contributed by atoms with Gasteiger partial charge in [-0.1, -0.05) is 13.0 Å². The van der Waals surface area contributed by atoms with Crippen molar-refractivity contribution < 1.29 is 27.9 Å². The number of carboxylic acid groups (broad SMARTS) is 1. The number of carboxylic acids is 1. The Morgan fingerprint density at radius 2 is 1.93 bits per heavy atom. The quantitative estimate of drug-likeness (QED) is 0.700. The molecular weight excluding hydrogens is 215 g/mol. The van der Waals surface area contributed by atoms with E-state index in [-0.39, 0.29) is 0 Å². The van der Waals surface area contributed by atoms with Crippen molar-refractivity contribution >= 4 is 11.9 Å². The monoisotopic (exact) mass is 225 g/mol. The lowest BCUT2D eigenvalue weighted by Gasteiger charge is -2.19. The standard InChI is InChI=1S/C8H10F3NO3/c1-3-4(2)5(6(13)14)12-7(15)8(9,10)11/h3-5H,1H2,2H3,(H,12,15)(H,13,14)/t4-,5+/m1/s1. The molecule has 0 aromatic heterocycles. The number of amides is 1. The summed E-state index contributed by atoms with van der Waals surface area (Å²) < 4.78 is 35.4. The van der Waals surface area contributed by atoms with Gasteiger partial charge in [0.1, 0.15) is 6.04 Å². The SMILES string of the molecule is C=C[C@@H](C)[C@H](NC(=O)C(F)(F)F)C(=O)O. The lowest BCUT2D eigenvalue weighted by atomic mass is 10.0. The van der Waals surface area contributed by atoms with Gasteiger partial charge in [-0.25, -0.2) is 4.79 Å². The number of aliphatic carboxylic acids is 1. The van der Waals surface area contributed by atoms with Crippen molar-refractivity contribution in [3.8, 4) is 0 Å². The molecule has 0 saturated carbocycles. The van der Waals surface area contributed by atoms with Gasteiger partial charge in [0.15, 0.2) is 0 Å². The first-order valence-electron chi connectivity index (χ1n) is 3.93. The van der Waals surface area contributed by atoms with Gasteiger partial charge in [0.2, 0.25) is 0 Å². The summed E-state index contributed by atoms with van der Waals surface area (Å²) >= 11 is 0. The van der Waals surface area contributed by atoms with Crippen molar-refractivity contribution in [2.45, 2.75) is 19.1 Å². The molecule has 0 heterocycles. The van der Waals surface area contributed by atoms with E-state index in [4.69, 9.17) is 5.11 Å². The fourth-order valence-corrected chi connectivity index (χ4v) is 0.777. The minimum Gasteiger partial charge on any atom is -0.480 e. The molecule has 0 aromatic carbocycles. The van der Waals surface area contributed by atoms with Gasteiger partial charge in [0, 0.05) is 5.92 Å². The molecule has 7 heteroatoms. The van der Waals surface area contributed by atoms with Crippen LogP contribution in [0.1, 0.15) is 6.92 Å². The van der Waals surface area contributed by atoms with Gasteiger partial charge >= 0.3 is 18.1 Å². The average molecular weight is 225 g/mol. The lowest BCUT2D eigenvalue weighted by Crippen LogP contribution is -2.49. The van der Waals surface area contributed by atoms with Crippen molar-refractivity contribution in [3.63, 3.8) is 0 Å². The summed E-state index contributed by atoms with van der Waals surface area (Å²) in [6.45, 7) is 4.57. The van der Waals surface area contributed by atoms with Crippen LogP contribution < -0.4 is 5.32 Å². The summed E-state index contributed by atoms with van der Waals surface area (Å²) in [7, 11) is 0. The number of halogens is 3. The molecule has 0 spiro atoms. The molecule has 0 aromatic rings. The maximum Gasteiger partial charge on any atom is 0.471 e. The Kier molecular flexibility index (Phi) is 4.32. The normalized spacial score (nSPS) is 15.2. The summed E-state index contributed by atoms with van der Waals surface area (Å²) in [5.74, 6) is -4.61. The molecule has 2 N–H and O–H groups in total. The number of rotatable bonds is 4. The smallest absolute Gasteiger partial charge is 0.471 e. The van der Waals surface area contributed by atoms with Crippen molar-refractivity contribution in [3.05, 3.63) is 12.7 Å². The number of hydrogen-bond donors (Lipinski definition) is 2. The summed E-state index contributed by atoms with van der Waals surface area (Å²) in [5.41, 5.74) is 0. The van der Waals surface area contributed by atoms with Crippen LogP contribution in [0, 0.1) is 5.92 Å². The van der Waals surface area contributed by atoms with E-state index in [9.17, 15) is 22.8 Å². The maximum absolute atomic E-state index is 11.8. The van der Waals surface area contributed by atoms with Gasteiger partial charge in [-0.05, 0) is 0 Å². The Hall–Kier alpha value is -1.53. The van der Waals surface area contributed by atoms with E-state index in [0.717, 1.165) is 6.08 Å². The molecule has 0 aliphatic rings. The van der Waals surface area contributed by atoms with Crippen molar-refractivity contribution in [1.82, 2.24) is 5.32 Å². The third kappa shape index (κ3) is 4.01. The fourth-order valence-electron chi connectivity index (χ4n) is 0.777. The van der Waals surface area contributed by atoms with Crippen molar-refractivity contribution in [2.75, 3.05) is 0 Å². The highest BCUT2D eigenvalue weighted by molar-refractivity contribution is 5.87. The van der Waals surface area contributed by atoms with Crippen LogP contribution in [0.25, 0.3) is 0 Å². The second-order valence-electron chi connectivity index (χ2n) is 2.88. The predicted molar refractivity (Wildman–Crippen MR) is 45.0 cm³/mol. The molecule has 0 aliphatic heterocycles. The van der Waals surface area contributed by atoms with Crippen molar-refractivity contribution in [2.24, 2.45) is 5.92 Å². The topological polar surface area (TPSA) is 66.4 Å².